The lowest BCUT2D eigenvalue weighted by Crippen LogP contribution is -2.55. The van der Waals surface area contributed by atoms with Gasteiger partial charge in [-0.25, -0.2) is 4.98 Å². The Hall–Kier alpha value is -5.40. The molecule has 3 aliphatic rings. The summed E-state index contributed by atoms with van der Waals surface area (Å²) in [5.74, 6) is -0.431. The van der Waals surface area contributed by atoms with E-state index in [2.05, 4.69) is 87.4 Å². The number of benzene rings is 3. The number of nitrogens with zero attached hydrogens (tertiary/aromatic N) is 6. The number of nitriles is 1. The van der Waals surface area contributed by atoms with Crippen molar-refractivity contribution in [1.82, 2.24) is 15.2 Å². The first-order valence-corrected chi connectivity index (χ1v) is 17.1. The molecule has 7 rings (SSSR count). The second kappa shape index (κ2) is 14.0. The van der Waals surface area contributed by atoms with Crippen molar-refractivity contribution in [2.75, 3.05) is 72.4 Å². The van der Waals surface area contributed by atoms with Crippen molar-refractivity contribution in [3.05, 3.63) is 102 Å². The molecule has 2 N–H and O–H groups in total. The first kappa shape index (κ1) is 32.2. The van der Waals surface area contributed by atoms with E-state index in [-0.39, 0.29) is 24.3 Å². The zero-order chi connectivity index (χ0) is 33.9. The van der Waals surface area contributed by atoms with Crippen LogP contribution in [0, 0.1) is 18.3 Å². The Bertz CT molecular complexity index is 1940. The molecule has 10 nitrogen and oxygen atoms in total. The predicted molar refractivity (Wildman–Crippen MR) is 195 cm³/mol. The highest BCUT2D eigenvalue weighted by molar-refractivity contribution is 6.05. The molecule has 4 heterocycles. The molecule has 0 spiro atoms. The number of fused-ring (bicyclic) bond motifs is 2. The molecular formula is C39H42N8O2. The van der Waals surface area contributed by atoms with Crippen molar-refractivity contribution in [3.8, 4) is 6.07 Å². The van der Waals surface area contributed by atoms with Gasteiger partial charge in [0, 0.05) is 74.7 Å². The third-order valence-electron chi connectivity index (χ3n) is 10.0. The Morgan fingerprint density at radius 2 is 1.73 bits per heavy atom. The van der Waals surface area contributed by atoms with Gasteiger partial charge in [-0.3, -0.25) is 9.59 Å². The molecule has 3 aromatic carbocycles. The van der Waals surface area contributed by atoms with Crippen molar-refractivity contribution < 1.29 is 9.59 Å². The monoisotopic (exact) mass is 654 g/mol. The first-order valence-electron chi connectivity index (χ1n) is 17.1. The van der Waals surface area contributed by atoms with Crippen molar-refractivity contribution in [1.29, 1.82) is 5.26 Å². The number of aryl methyl sites for hydroxylation is 1. The second-order valence-corrected chi connectivity index (χ2v) is 13.0. The molecule has 2 amide bonds. The Balaban J connectivity index is 1.26. The number of hydrogen-bond acceptors (Lipinski definition) is 8. The fourth-order valence-corrected chi connectivity index (χ4v) is 7.60. The minimum absolute atomic E-state index is 0.166. The number of anilines is 4. The highest BCUT2D eigenvalue weighted by atomic mass is 16.2. The Morgan fingerprint density at radius 1 is 0.959 bits per heavy atom. The normalized spacial score (nSPS) is 17.8. The van der Waals surface area contributed by atoms with Gasteiger partial charge in [-0.15, -0.1) is 0 Å². The molecule has 0 radical (unpaired) electrons. The van der Waals surface area contributed by atoms with Crippen LogP contribution in [0.3, 0.4) is 0 Å². The van der Waals surface area contributed by atoms with E-state index in [4.69, 9.17) is 4.98 Å². The third kappa shape index (κ3) is 6.42. The number of nitrogens with one attached hydrogen (secondary N) is 2. The minimum Gasteiger partial charge on any atom is -0.367 e. The Labute approximate surface area is 287 Å². The van der Waals surface area contributed by atoms with Crippen molar-refractivity contribution in [2.24, 2.45) is 0 Å². The van der Waals surface area contributed by atoms with Gasteiger partial charge in [-0.2, -0.15) is 5.26 Å². The summed E-state index contributed by atoms with van der Waals surface area (Å²) in [5, 5.41) is 18.7. The van der Waals surface area contributed by atoms with Gasteiger partial charge < -0.3 is 30.2 Å². The van der Waals surface area contributed by atoms with E-state index in [0.717, 1.165) is 73.2 Å². The molecule has 0 bridgehead atoms. The third-order valence-corrected chi connectivity index (χ3v) is 10.0. The van der Waals surface area contributed by atoms with Gasteiger partial charge in [0.05, 0.1) is 42.1 Å². The molecule has 250 valence electrons. The largest absolute Gasteiger partial charge is 0.367 e. The maximum absolute atomic E-state index is 14.1. The SMILES string of the molecule is C=CC(=O)N1CCN(c2cc(C(=O)Nc3ccccc3N3CCNCC3)nc3c2CCN(c2cccc4cccc(C)c24)C3)C[C@@H]1CC#N. The zero-order valence-corrected chi connectivity index (χ0v) is 28.0. The van der Waals surface area contributed by atoms with E-state index in [1.54, 1.807) is 4.90 Å². The number of carbonyl (C=O) groups excluding carboxylic acids is 2. The molecule has 3 aliphatic heterocycles. The standard InChI is InChI=1S/C39H42N8O2/c1-3-37(48)47-23-22-46(25-29(47)14-16-40)36-24-32(39(49)43-31-11-4-5-12-34(31)44-20-17-41-18-21-44)42-33-26-45(19-15-30(33)36)35-13-7-10-28-9-6-8-27(2)38(28)35/h3-13,24,29,41H,1,14-15,17-23,25-26H2,2H3,(H,43,49)/t29-/m0/s1. The van der Waals surface area contributed by atoms with Crippen molar-refractivity contribution in [2.45, 2.75) is 32.4 Å². The summed E-state index contributed by atoms with van der Waals surface area (Å²) in [6.07, 6.45) is 2.29. The molecule has 1 atom stereocenters. The quantitative estimate of drug-likeness (QED) is 0.272. The number of piperazine rings is 2. The lowest BCUT2D eigenvalue weighted by Gasteiger charge is -2.43. The van der Waals surface area contributed by atoms with Gasteiger partial charge in [0.1, 0.15) is 5.69 Å². The first-order chi connectivity index (χ1) is 23.9. The molecule has 2 saturated heterocycles. The molecule has 10 heteroatoms. The number of pyridine rings is 1. The number of rotatable bonds is 7. The van der Waals surface area contributed by atoms with Gasteiger partial charge in [-0.05, 0) is 54.6 Å². The summed E-state index contributed by atoms with van der Waals surface area (Å²) < 4.78 is 0. The van der Waals surface area contributed by atoms with Gasteiger partial charge in [-0.1, -0.05) is 49.0 Å². The van der Waals surface area contributed by atoms with Crippen LogP contribution >= 0.6 is 0 Å². The maximum Gasteiger partial charge on any atom is 0.274 e. The second-order valence-electron chi connectivity index (χ2n) is 13.0. The fraction of sp³-hybridized carbons (Fsp3) is 0.333. The van der Waals surface area contributed by atoms with E-state index in [9.17, 15) is 14.9 Å². The average molecular weight is 655 g/mol. The molecular weight excluding hydrogens is 612 g/mol. The summed E-state index contributed by atoms with van der Waals surface area (Å²) in [7, 11) is 0. The van der Waals surface area contributed by atoms with Gasteiger partial charge in [0.15, 0.2) is 0 Å². The van der Waals surface area contributed by atoms with Gasteiger partial charge in [0.2, 0.25) is 5.91 Å². The molecule has 0 saturated carbocycles. The Kier molecular flexibility index (Phi) is 9.18. The summed E-state index contributed by atoms with van der Waals surface area (Å²) in [6.45, 7) is 12.2. The predicted octanol–water partition coefficient (Wildman–Crippen LogP) is 4.88. The van der Waals surface area contributed by atoms with Crippen LogP contribution in [-0.4, -0.2) is 80.1 Å². The highest BCUT2D eigenvalue weighted by Gasteiger charge is 2.33. The molecule has 4 aromatic rings. The number of para-hydroxylation sites is 2. The van der Waals surface area contributed by atoms with Crippen LogP contribution in [-0.2, 0) is 17.8 Å². The van der Waals surface area contributed by atoms with E-state index >= 15 is 0 Å². The van der Waals surface area contributed by atoms with E-state index in [0.29, 0.717) is 31.9 Å². The van der Waals surface area contributed by atoms with Crippen LogP contribution in [0.5, 0.6) is 0 Å². The topological polar surface area (TPSA) is 108 Å². The zero-order valence-electron chi connectivity index (χ0n) is 28.0. The fourth-order valence-electron chi connectivity index (χ4n) is 7.60. The van der Waals surface area contributed by atoms with Crippen LogP contribution in [0.25, 0.3) is 10.8 Å². The summed E-state index contributed by atoms with van der Waals surface area (Å²) in [6, 6.07) is 24.6. The highest BCUT2D eigenvalue weighted by Crippen LogP contribution is 2.36. The molecule has 49 heavy (non-hydrogen) atoms. The smallest absolute Gasteiger partial charge is 0.274 e. The molecule has 0 aliphatic carbocycles. The summed E-state index contributed by atoms with van der Waals surface area (Å²) in [4.78, 5) is 40.5. The van der Waals surface area contributed by atoms with Crippen molar-refractivity contribution in [3.63, 3.8) is 0 Å². The number of carbonyl (C=O) groups is 2. The minimum atomic E-state index is -0.282. The average Bonchev–Trinajstić information content (AvgIpc) is 3.14. The van der Waals surface area contributed by atoms with Gasteiger partial charge >= 0.3 is 0 Å². The van der Waals surface area contributed by atoms with Crippen LogP contribution < -0.4 is 25.3 Å². The lowest BCUT2D eigenvalue weighted by atomic mass is 9.97. The van der Waals surface area contributed by atoms with Crippen LogP contribution in [0.2, 0.25) is 0 Å². The van der Waals surface area contributed by atoms with Crippen LogP contribution in [0.15, 0.2) is 79.4 Å². The number of amides is 2. The van der Waals surface area contributed by atoms with Crippen molar-refractivity contribution >= 4 is 45.3 Å². The van der Waals surface area contributed by atoms with E-state index in [1.165, 1.54) is 22.4 Å². The number of hydrogen-bond donors (Lipinski definition) is 2. The van der Waals surface area contributed by atoms with Crippen LogP contribution in [0.1, 0.15) is 33.7 Å². The molecule has 2 fully saturated rings. The summed E-state index contributed by atoms with van der Waals surface area (Å²) in [5.41, 5.74) is 7.43. The molecule has 1 aromatic heterocycles. The maximum atomic E-state index is 14.1. The number of aromatic nitrogens is 1. The lowest BCUT2D eigenvalue weighted by molar-refractivity contribution is -0.128. The molecule has 0 unspecified atom stereocenters. The summed E-state index contributed by atoms with van der Waals surface area (Å²) >= 11 is 0. The van der Waals surface area contributed by atoms with Gasteiger partial charge in [0.25, 0.3) is 5.91 Å². The Morgan fingerprint density at radius 3 is 2.53 bits per heavy atom. The van der Waals surface area contributed by atoms with E-state index in [1.807, 2.05) is 24.3 Å². The van der Waals surface area contributed by atoms with E-state index < -0.39 is 0 Å². The van der Waals surface area contributed by atoms with Crippen LogP contribution in [0.4, 0.5) is 22.7 Å².